The van der Waals surface area contributed by atoms with Gasteiger partial charge in [0.25, 0.3) is 5.91 Å². The van der Waals surface area contributed by atoms with Crippen molar-refractivity contribution in [2.24, 2.45) is 17.8 Å². The lowest BCUT2D eigenvalue weighted by molar-refractivity contribution is -0.219. The first-order valence-corrected chi connectivity index (χ1v) is 16.7. The number of halogens is 1. The molecule has 4 aliphatic heterocycles. The summed E-state index contributed by atoms with van der Waals surface area (Å²) in [7, 11) is 4.12. The predicted octanol–water partition coefficient (Wildman–Crippen LogP) is 2.48. The van der Waals surface area contributed by atoms with Gasteiger partial charge < -0.3 is 25.2 Å². The zero-order valence-electron chi connectivity index (χ0n) is 25.0. The first kappa shape index (κ1) is 28.2. The van der Waals surface area contributed by atoms with Gasteiger partial charge in [0.05, 0.1) is 35.9 Å². The number of rotatable bonds is 6. The summed E-state index contributed by atoms with van der Waals surface area (Å²) < 4.78 is 23.2. The van der Waals surface area contributed by atoms with Gasteiger partial charge >= 0.3 is 0 Å². The van der Waals surface area contributed by atoms with Crippen molar-refractivity contribution in [3.8, 4) is 0 Å². The first-order valence-electron chi connectivity index (χ1n) is 16.7. The summed E-state index contributed by atoms with van der Waals surface area (Å²) in [5.74, 6) is 0.349. The molecule has 4 heterocycles. The normalized spacial score (nSPS) is 44.7. The molecule has 7 aliphatic rings. The quantitative estimate of drug-likeness (QED) is 0.475. The van der Waals surface area contributed by atoms with E-state index in [9.17, 15) is 9.59 Å². The number of likely N-dealkylation sites (N-methyl/N-ethyl adjacent to an activating group) is 1. The molecule has 41 heavy (non-hydrogen) atoms. The van der Waals surface area contributed by atoms with Crippen LogP contribution < -0.4 is 10.6 Å². The van der Waals surface area contributed by atoms with Crippen LogP contribution in [0.15, 0.2) is 11.8 Å². The number of carbonyl (C=O) groups excluding carboxylic acids is 2. The molecule has 0 aromatic carbocycles. The number of fused-ring (bicyclic) bond motifs is 3. The summed E-state index contributed by atoms with van der Waals surface area (Å²) in [4.78, 5) is 34.5. The molecule has 0 bridgehead atoms. The van der Waals surface area contributed by atoms with E-state index in [4.69, 9.17) is 4.74 Å². The van der Waals surface area contributed by atoms with Gasteiger partial charge in [0, 0.05) is 43.8 Å². The van der Waals surface area contributed by atoms with E-state index in [1.165, 1.54) is 32.1 Å². The smallest absolute Gasteiger partial charge is 0.256 e. The third kappa shape index (κ3) is 5.06. The van der Waals surface area contributed by atoms with Crippen molar-refractivity contribution in [2.45, 2.75) is 119 Å². The highest BCUT2D eigenvalue weighted by Gasteiger charge is 2.61. The van der Waals surface area contributed by atoms with Crippen LogP contribution in [-0.4, -0.2) is 115 Å². The Labute approximate surface area is 244 Å². The Balaban J connectivity index is 1.17. The molecule has 0 spiro atoms. The van der Waals surface area contributed by atoms with Crippen LogP contribution in [0, 0.1) is 17.8 Å². The Morgan fingerprint density at radius 1 is 1.05 bits per heavy atom. The van der Waals surface area contributed by atoms with E-state index in [0.29, 0.717) is 30.5 Å². The van der Waals surface area contributed by atoms with Gasteiger partial charge in [-0.2, -0.15) is 0 Å². The molecule has 11 unspecified atom stereocenters. The van der Waals surface area contributed by atoms with Crippen LogP contribution in [0.5, 0.6) is 0 Å². The van der Waals surface area contributed by atoms with Crippen LogP contribution >= 0.6 is 0 Å². The maximum Gasteiger partial charge on any atom is 0.256 e. The van der Waals surface area contributed by atoms with Crippen LogP contribution in [-0.2, 0) is 14.3 Å². The molecule has 0 aromatic heterocycles. The lowest BCUT2D eigenvalue weighted by atomic mass is 9.64. The number of ether oxygens (including phenoxy) is 1. The number of morpholine rings is 1. The number of likely N-dealkylation sites (tertiary alicyclic amines) is 2. The summed E-state index contributed by atoms with van der Waals surface area (Å²) in [6.07, 6.45) is 12.0. The molecule has 8 nitrogen and oxygen atoms in total. The van der Waals surface area contributed by atoms with Gasteiger partial charge in [0.15, 0.2) is 5.78 Å². The minimum atomic E-state index is -1.15. The number of hydrogen-bond donors (Lipinski definition) is 2. The lowest BCUT2D eigenvalue weighted by Gasteiger charge is -2.61. The number of ketones is 1. The molecule has 7 rings (SSSR count). The maximum absolute atomic E-state index is 16.3. The van der Waals surface area contributed by atoms with Gasteiger partial charge in [-0.25, -0.2) is 4.39 Å². The topological polar surface area (TPSA) is 77.2 Å². The molecule has 9 heteroatoms. The Morgan fingerprint density at radius 3 is 2.59 bits per heavy atom. The van der Waals surface area contributed by atoms with Crippen molar-refractivity contribution in [3.63, 3.8) is 0 Å². The van der Waals surface area contributed by atoms with Crippen LogP contribution in [0.3, 0.4) is 0 Å². The summed E-state index contributed by atoms with van der Waals surface area (Å²) in [6.45, 7) is 3.32. The fraction of sp³-hybridized carbons (Fsp3) is 0.875. The highest BCUT2D eigenvalue weighted by molar-refractivity contribution is 6.20. The van der Waals surface area contributed by atoms with Gasteiger partial charge in [-0.05, 0) is 77.4 Å². The number of carbonyl (C=O) groups is 2. The Morgan fingerprint density at radius 2 is 1.85 bits per heavy atom. The number of hydrogen-bond acceptors (Lipinski definition) is 7. The van der Waals surface area contributed by atoms with Crippen LogP contribution in [0.2, 0.25) is 0 Å². The summed E-state index contributed by atoms with van der Waals surface area (Å²) >= 11 is 0. The molecule has 1 amide bonds. The Bertz CT molecular complexity index is 1040. The van der Waals surface area contributed by atoms with Gasteiger partial charge in [-0.1, -0.05) is 25.7 Å². The zero-order valence-corrected chi connectivity index (χ0v) is 25.0. The number of alkyl halides is 1. The van der Waals surface area contributed by atoms with Crippen molar-refractivity contribution < 1.29 is 18.7 Å². The van der Waals surface area contributed by atoms with Gasteiger partial charge in [0.1, 0.15) is 6.17 Å². The van der Waals surface area contributed by atoms with Crippen molar-refractivity contribution in [2.75, 3.05) is 40.3 Å². The van der Waals surface area contributed by atoms with E-state index in [0.717, 1.165) is 51.7 Å². The number of nitrogens with one attached hydrogen (secondary N) is 2. The van der Waals surface area contributed by atoms with Crippen molar-refractivity contribution in [3.05, 3.63) is 11.8 Å². The molecule has 228 valence electrons. The molecule has 0 radical (unpaired) electrons. The number of amides is 1. The zero-order chi connectivity index (χ0) is 28.2. The molecular formula is C32H50FN5O3. The minimum absolute atomic E-state index is 0.0263. The Hall–Kier alpha value is -1.55. The van der Waals surface area contributed by atoms with Crippen molar-refractivity contribution in [1.29, 1.82) is 0 Å². The average Bonchev–Trinajstić information content (AvgIpc) is 3.62. The number of Topliss-reactive ketones (excluding diaryl/α,β-unsaturated/α-hetero) is 1. The second-order valence-corrected chi connectivity index (χ2v) is 14.3. The third-order valence-electron chi connectivity index (χ3n) is 12.2. The van der Waals surface area contributed by atoms with E-state index in [1.54, 1.807) is 0 Å². The molecule has 0 aromatic rings. The van der Waals surface area contributed by atoms with Crippen molar-refractivity contribution in [1.82, 2.24) is 25.3 Å². The number of nitrogens with zero attached hydrogens (tertiary/aromatic N) is 3. The Kier molecular flexibility index (Phi) is 7.93. The molecule has 3 saturated heterocycles. The average molecular weight is 572 g/mol. The fourth-order valence-corrected chi connectivity index (χ4v) is 9.95. The summed E-state index contributed by atoms with van der Waals surface area (Å²) in [6, 6.07) is 0.456. The second kappa shape index (κ2) is 11.5. The van der Waals surface area contributed by atoms with Gasteiger partial charge in [0.2, 0.25) is 0 Å². The highest BCUT2D eigenvalue weighted by atomic mass is 19.1. The lowest BCUT2D eigenvalue weighted by Crippen LogP contribution is -2.73. The van der Waals surface area contributed by atoms with E-state index < -0.39 is 12.1 Å². The maximum atomic E-state index is 16.3. The van der Waals surface area contributed by atoms with E-state index in [-0.39, 0.29) is 54.0 Å². The second-order valence-electron chi connectivity index (χ2n) is 14.3. The minimum Gasteiger partial charge on any atom is -0.369 e. The van der Waals surface area contributed by atoms with Crippen molar-refractivity contribution >= 4 is 11.7 Å². The highest BCUT2D eigenvalue weighted by Crippen LogP contribution is 2.51. The summed E-state index contributed by atoms with van der Waals surface area (Å²) in [5.41, 5.74) is 0.235. The summed E-state index contributed by atoms with van der Waals surface area (Å²) in [5, 5.41) is 6.44. The largest absolute Gasteiger partial charge is 0.369 e. The van der Waals surface area contributed by atoms with E-state index in [2.05, 4.69) is 32.4 Å². The molecule has 3 saturated carbocycles. The van der Waals surface area contributed by atoms with Crippen LogP contribution in [0.4, 0.5) is 4.39 Å². The molecule has 6 fully saturated rings. The monoisotopic (exact) mass is 571 g/mol. The van der Waals surface area contributed by atoms with Crippen LogP contribution in [0.1, 0.15) is 70.6 Å². The van der Waals surface area contributed by atoms with Crippen LogP contribution in [0.25, 0.3) is 0 Å². The first-order chi connectivity index (χ1) is 19.9. The molecular weight excluding hydrogens is 521 g/mol. The standard InChI is InChI=1S/C32H50FN5O3/c1-34-21-10-13-37(17-21)29-25(33)16-23-28-31(29)41-27-15-20-7-4-3-6-19(20)14-26(27)38(28)18-24(30(23)39)32(40)35-11-9-22-8-5-12-36(22)2/h18-23,25-29,31,34H,3-17H2,1-2H3,(H,35,40). The van der Waals surface area contributed by atoms with E-state index in [1.807, 2.05) is 13.2 Å². The predicted molar refractivity (Wildman–Crippen MR) is 155 cm³/mol. The molecule has 11 atom stereocenters. The molecule has 2 N–H and O–H groups in total. The SMILES string of the molecule is CNC1CCN(C2C(F)CC3C(=O)C(C(=O)NCCC4CCCN4C)=CN4C5CC6CCCCC6CC5OC2C34)C1. The van der Waals surface area contributed by atoms with E-state index >= 15 is 4.39 Å². The fourth-order valence-electron chi connectivity index (χ4n) is 9.95. The van der Waals surface area contributed by atoms with Gasteiger partial charge in [-0.15, -0.1) is 0 Å². The van der Waals surface area contributed by atoms with Gasteiger partial charge in [-0.3, -0.25) is 14.5 Å². The third-order valence-corrected chi connectivity index (χ3v) is 12.2. The molecule has 3 aliphatic carbocycles.